The van der Waals surface area contributed by atoms with Gasteiger partial charge in [0.25, 0.3) is 0 Å². The highest BCUT2D eigenvalue weighted by Crippen LogP contribution is 2.41. The van der Waals surface area contributed by atoms with Gasteiger partial charge in [-0.25, -0.2) is 0 Å². The molecule has 0 aliphatic heterocycles. The maximum absolute atomic E-state index is 11.8. The van der Waals surface area contributed by atoms with Crippen LogP contribution in [0, 0.1) is 11.8 Å². The number of rotatable bonds is 4. The van der Waals surface area contributed by atoms with Crippen molar-refractivity contribution in [2.24, 2.45) is 11.8 Å². The summed E-state index contributed by atoms with van der Waals surface area (Å²) in [5.41, 5.74) is 1.52. The Labute approximate surface area is 93.3 Å². The van der Waals surface area contributed by atoms with Gasteiger partial charge in [-0.05, 0) is 30.7 Å². The standard InChI is InChI=1S/C12H13NO3/c1-13-8-4-2-7(3-5-8)11(14)9-6-10(9)12(15)16/h2-5,9-10,13H,6H2,1H3,(H,15,16). The average Bonchev–Trinajstić information content (AvgIpc) is 3.08. The Morgan fingerprint density at radius 1 is 1.25 bits per heavy atom. The molecule has 0 radical (unpaired) electrons. The first-order chi connectivity index (χ1) is 7.63. The topological polar surface area (TPSA) is 66.4 Å². The molecule has 1 aliphatic carbocycles. The summed E-state index contributed by atoms with van der Waals surface area (Å²) in [6.45, 7) is 0. The van der Waals surface area contributed by atoms with Crippen LogP contribution in [0.1, 0.15) is 16.8 Å². The molecule has 0 bridgehead atoms. The number of carboxylic acid groups (broad SMARTS) is 1. The van der Waals surface area contributed by atoms with Crippen molar-refractivity contribution in [3.63, 3.8) is 0 Å². The minimum atomic E-state index is -0.870. The number of anilines is 1. The van der Waals surface area contributed by atoms with E-state index in [0.717, 1.165) is 5.69 Å². The number of hydrogen-bond donors (Lipinski definition) is 2. The predicted octanol–water partition coefficient (Wildman–Crippen LogP) is 1.63. The molecule has 2 unspecified atom stereocenters. The number of Topliss-reactive ketones (excluding diaryl/α,β-unsaturated/α-hetero) is 1. The second-order valence-corrected chi connectivity index (χ2v) is 3.98. The number of carbonyl (C=O) groups excluding carboxylic acids is 1. The molecule has 4 nitrogen and oxygen atoms in total. The highest BCUT2D eigenvalue weighted by Gasteiger charge is 2.48. The normalized spacial score (nSPS) is 22.6. The molecule has 84 valence electrons. The van der Waals surface area contributed by atoms with Gasteiger partial charge in [-0.15, -0.1) is 0 Å². The molecule has 2 N–H and O–H groups in total. The molecular formula is C12H13NO3. The van der Waals surface area contributed by atoms with E-state index in [0.29, 0.717) is 12.0 Å². The van der Waals surface area contributed by atoms with Crippen molar-refractivity contribution >= 4 is 17.4 Å². The summed E-state index contributed by atoms with van der Waals surface area (Å²) in [5.74, 6) is -1.73. The number of benzene rings is 1. The number of carboxylic acids is 1. The van der Waals surface area contributed by atoms with Crippen LogP contribution >= 0.6 is 0 Å². The van der Waals surface area contributed by atoms with Crippen LogP contribution in [0.2, 0.25) is 0 Å². The van der Waals surface area contributed by atoms with Gasteiger partial charge >= 0.3 is 5.97 Å². The molecule has 1 fully saturated rings. The monoisotopic (exact) mass is 219 g/mol. The second kappa shape index (κ2) is 3.96. The van der Waals surface area contributed by atoms with E-state index in [-0.39, 0.29) is 11.7 Å². The molecule has 1 aromatic rings. The molecule has 0 amide bonds. The van der Waals surface area contributed by atoms with E-state index >= 15 is 0 Å². The van der Waals surface area contributed by atoms with Gasteiger partial charge in [0.2, 0.25) is 0 Å². The fourth-order valence-electron chi connectivity index (χ4n) is 1.77. The van der Waals surface area contributed by atoms with Crippen molar-refractivity contribution in [1.29, 1.82) is 0 Å². The molecule has 1 aromatic carbocycles. The van der Waals surface area contributed by atoms with E-state index < -0.39 is 11.9 Å². The maximum atomic E-state index is 11.8. The Balaban J connectivity index is 2.08. The van der Waals surface area contributed by atoms with Gasteiger partial charge in [0.05, 0.1) is 5.92 Å². The maximum Gasteiger partial charge on any atom is 0.307 e. The molecule has 2 atom stereocenters. The molecule has 0 saturated heterocycles. The minimum Gasteiger partial charge on any atom is -0.481 e. The average molecular weight is 219 g/mol. The quantitative estimate of drug-likeness (QED) is 0.755. The van der Waals surface area contributed by atoms with Crippen molar-refractivity contribution in [2.75, 3.05) is 12.4 Å². The zero-order valence-electron chi connectivity index (χ0n) is 8.93. The van der Waals surface area contributed by atoms with Gasteiger partial charge in [0.1, 0.15) is 0 Å². The fourth-order valence-corrected chi connectivity index (χ4v) is 1.77. The van der Waals surface area contributed by atoms with E-state index in [1.807, 2.05) is 12.1 Å². The van der Waals surface area contributed by atoms with Crippen LogP contribution in [0.3, 0.4) is 0 Å². The molecule has 1 aliphatic rings. The van der Waals surface area contributed by atoms with Gasteiger partial charge in [-0.2, -0.15) is 0 Å². The largest absolute Gasteiger partial charge is 0.481 e. The van der Waals surface area contributed by atoms with Gasteiger partial charge in [0, 0.05) is 24.2 Å². The van der Waals surface area contributed by atoms with E-state index in [9.17, 15) is 9.59 Å². The molecule has 2 rings (SSSR count). The molecule has 0 spiro atoms. The molecule has 1 saturated carbocycles. The van der Waals surface area contributed by atoms with Gasteiger partial charge in [0.15, 0.2) is 5.78 Å². The smallest absolute Gasteiger partial charge is 0.307 e. The van der Waals surface area contributed by atoms with Crippen molar-refractivity contribution < 1.29 is 14.7 Å². The van der Waals surface area contributed by atoms with E-state index in [1.165, 1.54) is 0 Å². The first-order valence-corrected chi connectivity index (χ1v) is 5.18. The summed E-state index contributed by atoms with van der Waals surface area (Å²) in [6.07, 6.45) is 0.474. The van der Waals surface area contributed by atoms with Crippen LogP contribution in [0.15, 0.2) is 24.3 Å². The van der Waals surface area contributed by atoms with Crippen LogP contribution in [0.25, 0.3) is 0 Å². The fraction of sp³-hybridized carbons (Fsp3) is 0.333. The number of aliphatic carboxylic acids is 1. The zero-order valence-corrected chi connectivity index (χ0v) is 8.93. The summed E-state index contributed by atoms with van der Waals surface area (Å²) < 4.78 is 0. The SMILES string of the molecule is CNc1ccc(C(=O)C2CC2C(=O)O)cc1. The summed E-state index contributed by atoms with van der Waals surface area (Å²) in [7, 11) is 1.80. The summed E-state index contributed by atoms with van der Waals surface area (Å²) in [5, 5.41) is 11.7. The number of ketones is 1. The van der Waals surface area contributed by atoms with Gasteiger partial charge < -0.3 is 10.4 Å². The van der Waals surface area contributed by atoms with Crippen molar-refractivity contribution in [3.8, 4) is 0 Å². The van der Waals surface area contributed by atoms with Crippen molar-refractivity contribution in [1.82, 2.24) is 0 Å². The Kier molecular flexibility index (Phi) is 2.64. The molecular weight excluding hydrogens is 206 g/mol. The Morgan fingerprint density at radius 2 is 1.88 bits per heavy atom. The van der Waals surface area contributed by atoms with E-state index in [4.69, 9.17) is 5.11 Å². The van der Waals surface area contributed by atoms with Crippen LogP contribution in [-0.4, -0.2) is 23.9 Å². The third-order valence-electron chi connectivity index (χ3n) is 2.90. The molecule has 4 heteroatoms. The zero-order chi connectivity index (χ0) is 11.7. The summed E-state index contributed by atoms with van der Waals surface area (Å²) in [6, 6.07) is 7.08. The first-order valence-electron chi connectivity index (χ1n) is 5.18. The highest BCUT2D eigenvalue weighted by atomic mass is 16.4. The third kappa shape index (κ3) is 1.91. The van der Waals surface area contributed by atoms with Crippen LogP contribution in [-0.2, 0) is 4.79 Å². The van der Waals surface area contributed by atoms with Crippen LogP contribution in [0.4, 0.5) is 5.69 Å². The Morgan fingerprint density at radius 3 is 2.31 bits per heavy atom. The second-order valence-electron chi connectivity index (χ2n) is 3.98. The van der Waals surface area contributed by atoms with E-state index in [2.05, 4.69) is 5.32 Å². The molecule has 0 heterocycles. The van der Waals surface area contributed by atoms with E-state index in [1.54, 1.807) is 19.2 Å². The van der Waals surface area contributed by atoms with Gasteiger partial charge in [-0.1, -0.05) is 0 Å². The minimum absolute atomic E-state index is 0.0601. The van der Waals surface area contributed by atoms with Crippen LogP contribution in [0.5, 0.6) is 0 Å². The lowest BCUT2D eigenvalue weighted by Gasteiger charge is -2.02. The predicted molar refractivity (Wildman–Crippen MR) is 59.6 cm³/mol. The van der Waals surface area contributed by atoms with Gasteiger partial charge in [-0.3, -0.25) is 9.59 Å². The molecule has 0 aromatic heterocycles. The number of hydrogen-bond acceptors (Lipinski definition) is 3. The lowest BCUT2D eigenvalue weighted by Crippen LogP contribution is -2.08. The number of nitrogens with one attached hydrogen (secondary N) is 1. The lowest BCUT2D eigenvalue weighted by atomic mass is 10.1. The van der Waals surface area contributed by atoms with Crippen LogP contribution < -0.4 is 5.32 Å². The van der Waals surface area contributed by atoms with Crippen molar-refractivity contribution in [3.05, 3.63) is 29.8 Å². The highest BCUT2D eigenvalue weighted by molar-refractivity contribution is 6.02. The van der Waals surface area contributed by atoms with Crippen molar-refractivity contribution in [2.45, 2.75) is 6.42 Å². The summed E-state index contributed by atoms with van der Waals surface area (Å²) >= 11 is 0. The third-order valence-corrected chi connectivity index (χ3v) is 2.90. The number of carbonyl (C=O) groups is 2. The Hall–Kier alpha value is -1.84. The summed E-state index contributed by atoms with van der Waals surface area (Å²) in [4.78, 5) is 22.5. The molecule has 16 heavy (non-hydrogen) atoms. The Bertz CT molecular complexity index is 424. The lowest BCUT2D eigenvalue weighted by molar-refractivity contribution is -0.138. The first kappa shape index (κ1) is 10.7.